The maximum absolute atomic E-state index is 4.81. The maximum Gasteiger partial charge on any atom is 0.193 e. The smallest absolute Gasteiger partial charge is 0.193 e. The minimum Gasteiger partial charge on any atom is -0.356 e. The summed E-state index contributed by atoms with van der Waals surface area (Å²) in [4.78, 5) is 14.6. The van der Waals surface area contributed by atoms with Gasteiger partial charge in [0.1, 0.15) is 5.65 Å². The van der Waals surface area contributed by atoms with Crippen LogP contribution in [0.25, 0.3) is 5.65 Å². The number of nitrogens with one attached hydrogen (secondary N) is 1. The van der Waals surface area contributed by atoms with Gasteiger partial charge in [0, 0.05) is 58.1 Å². The molecular weight excluding hydrogens is 408 g/mol. The molecule has 174 valence electrons. The highest BCUT2D eigenvalue weighted by Crippen LogP contribution is 2.31. The molecule has 0 bridgehead atoms. The molecule has 2 aromatic heterocycles. The van der Waals surface area contributed by atoms with Gasteiger partial charge < -0.3 is 14.6 Å². The molecular formula is C27H36N6. The number of aliphatic imine (C=N–C) groups is 1. The number of pyridine rings is 1. The zero-order chi connectivity index (χ0) is 22.6. The molecule has 0 aliphatic carbocycles. The Labute approximate surface area is 197 Å². The third kappa shape index (κ3) is 4.91. The summed E-state index contributed by atoms with van der Waals surface area (Å²) in [7, 11) is 1.91. The summed E-state index contributed by atoms with van der Waals surface area (Å²) in [6.07, 6.45) is 8.93. The molecule has 6 heteroatoms. The van der Waals surface area contributed by atoms with Gasteiger partial charge in [0.2, 0.25) is 0 Å². The molecule has 3 aromatic rings. The first kappa shape index (κ1) is 22.0. The largest absolute Gasteiger partial charge is 0.356 e. The first-order valence-corrected chi connectivity index (χ1v) is 12.4. The van der Waals surface area contributed by atoms with Gasteiger partial charge in [-0.3, -0.25) is 9.89 Å². The fourth-order valence-electron chi connectivity index (χ4n) is 5.67. The number of hydrogen-bond acceptors (Lipinski definition) is 3. The molecule has 2 aliphatic rings. The molecule has 33 heavy (non-hydrogen) atoms. The van der Waals surface area contributed by atoms with Gasteiger partial charge in [-0.2, -0.15) is 0 Å². The topological polar surface area (TPSA) is 48.2 Å². The predicted octanol–water partition coefficient (Wildman–Crippen LogP) is 3.75. The molecule has 1 aromatic carbocycles. The molecule has 2 saturated heterocycles. The second-order valence-corrected chi connectivity index (χ2v) is 9.54. The summed E-state index contributed by atoms with van der Waals surface area (Å²) < 4.78 is 2.12. The van der Waals surface area contributed by atoms with Crippen molar-refractivity contribution in [2.75, 3.05) is 33.2 Å². The van der Waals surface area contributed by atoms with E-state index in [0.29, 0.717) is 6.04 Å². The highest BCUT2D eigenvalue weighted by atomic mass is 15.3. The average Bonchev–Trinajstić information content (AvgIpc) is 3.27. The molecule has 2 atom stereocenters. The van der Waals surface area contributed by atoms with Crippen LogP contribution in [-0.2, 0) is 13.0 Å². The highest BCUT2D eigenvalue weighted by molar-refractivity contribution is 5.80. The van der Waals surface area contributed by atoms with Crippen LogP contribution in [0.1, 0.15) is 36.1 Å². The number of imidazole rings is 1. The van der Waals surface area contributed by atoms with Crippen molar-refractivity contribution in [2.24, 2.45) is 10.9 Å². The fraction of sp³-hybridized carbons (Fsp3) is 0.481. The van der Waals surface area contributed by atoms with Gasteiger partial charge in [-0.05, 0) is 55.8 Å². The Morgan fingerprint density at radius 3 is 2.82 bits per heavy atom. The number of likely N-dealkylation sites (tertiary alicyclic amines) is 2. The van der Waals surface area contributed by atoms with Crippen molar-refractivity contribution >= 4 is 11.6 Å². The third-order valence-corrected chi connectivity index (χ3v) is 7.31. The number of fused-ring (bicyclic) bond motifs is 2. The summed E-state index contributed by atoms with van der Waals surface area (Å²) in [5.41, 5.74) is 4.82. The van der Waals surface area contributed by atoms with Crippen LogP contribution in [0.5, 0.6) is 0 Å². The molecule has 1 N–H and O–H groups in total. The monoisotopic (exact) mass is 444 g/mol. The molecule has 2 fully saturated rings. The van der Waals surface area contributed by atoms with Crippen LogP contribution in [0.3, 0.4) is 0 Å². The van der Waals surface area contributed by atoms with Gasteiger partial charge in [-0.1, -0.05) is 36.4 Å². The van der Waals surface area contributed by atoms with Crippen molar-refractivity contribution in [3.05, 3.63) is 71.7 Å². The van der Waals surface area contributed by atoms with Crippen molar-refractivity contribution in [3.8, 4) is 0 Å². The van der Waals surface area contributed by atoms with Crippen molar-refractivity contribution < 1.29 is 0 Å². The SMILES string of the molecule is CN=C(NCCc1cn2cccc(C)c2n1)N1CCC2C(CCCN2Cc2ccccc2)C1. The predicted molar refractivity (Wildman–Crippen MR) is 135 cm³/mol. The van der Waals surface area contributed by atoms with Crippen LogP contribution in [0.2, 0.25) is 0 Å². The zero-order valence-electron chi connectivity index (χ0n) is 20.0. The van der Waals surface area contributed by atoms with E-state index in [1.807, 2.05) is 7.05 Å². The third-order valence-electron chi connectivity index (χ3n) is 7.31. The van der Waals surface area contributed by atoms with Gasteiger partial charge in [0.15, 0.2) is 5.96 Å². The summed E-state index contributed by atoms with van der Waals surface area (Å²) in [5.74, 6) is 1.75. The number of aryl methyl sites for hydroxylation is 1. The van der Waals surface area contributed by atoms with Gasteiger partial charge in [0.25, 0.3) is 0 Å². The molecule has 2 unspecified atom stereocenters. The van der Waals surface area contributed by atoms with Crippen LogP contribution in [0.4, 0.5) is 0 Å². The average molecular weight is 445 g/mol. The highest BCUT2D eigenvalue weighted by Gasteiger charge is 2.36. The molecule has 2 aliphatic heterocycles. The normalized spacial score (nSPS) is 21.9. The first-order chi connectivity index (χ1) is 16.2. The van der Waals surface area contributed by atoms with Crippen LogP contribution in [0, 0.1) is 12.8 Å². The van der Waals surface area contributed by atoms with Crippen LogP contribution in [-0.4, -0.2) is 64.4 Å². The summed E-state index contributed by atoms with van der Waals surface area (Å²) in [6, 6.07) is 15.8. The number of guanidine groups is 1. The Morgan fingerprint density at radius 2 is 2.00 bits per heavy atom. The van der Waals surface area contributed by atoms with E-state index in [9.17, 15) is 0 Å². The Morgan fingerprint density at radius 1 is 1.12 bits per heavy atom. The number of hydrogen-bond donors (Lipinski definition) is 1. The van der Waals surface area contributed by atoms with Crippen molar-refractivity contribution in [2.45, 2.75) is 45.2 Å². The van der Waals surface area contributed by atoms with E-state index >= 15 is 0 Å². The quantitative estimate of drug-likeness (QED) is 0.481. The Kier molecular flexibility index (Phi) is 6.63. The van der Waals surface area contributed by atoms with Gasteiger partial charge in [0.05, 0.1) is 5.69 Å². The van der Waals surface area contributed by atoms with E-state index in [2.05, 4.69) is 86.3 Å². The maximum atomic E-state index is 4.81. The van der Waals surface area contributed by atoms with Crippen LogP contribution in [0.15, 0.2) is 59.9 Å². The fourth-order valence-corrected chi connectivity index (χ4v) is 5.67. The number of aromatic nitrogens is 2. The van der Waals surface area contributed by atoms with Gasteiger partial charge >= 0.3 is 0 Å². The van der Waals surface area contributed by atoms with E-state index < -0.39 is 0 Å². The van der Waals surface area contributed by atoms with Crippen molar-refractivity contribution in [1.29, 1.82) is 0 Å². The molecule has 0 spiro atoms. The lowest BCUT2D eigenvalue weighted by atomic mass is 9.83. The minimum absolute atomic E-state index is 0.689. The minimum atomic E-state index is 0.689. The summed E-state index contributed by atoms with van der Waals surface area (Å²) in [6.45, 7) is 7.43. The van der Waals surface area contributed by atoms with Crippen LogP contribution >= 0.6 is 0 Å². The van der Waals surface area contributed by atoms with E-state index in [-0.39, 0.29) is 0 Å². The van der Waals surface area contributed by atoms with E-state index in [0.717, 1.165) is 55.8 Å². The Bertz CT molecular complexity index is 1090. The lowest BCUT2D eigenvalue weighted by molar-refractivity contribution is 0.0373. The first-order valence-electron chi connectivity index (χ1n) is 12.4. The van der Waals surface area contributed by atoms with Gasteiger partial charge in [-0.15, -0.1) is 0 Å². The lowest BCUT2D eigenvalue weighted by Crippen LogP contribution is -2.56. The standard InChI is InChI=1S/C27H36N6/c1-21-8-6-16-32-20-24(30-26(21)32)12-14-29-27(28-2)33-17-13-25-23(19-33)11-7-15-31(25)18-22-9-4-3-5-10-22/h3-6,8-10,16,20,23,25H,7,11-15,17-19H2,1-2H3,(H,28,29). The van der Waals surface area contributed by atoms with Crippen LogP contribution < -0.4 is 5.32 Å². The molecule has 0 amide bonds. The summed E-state index contributed by atoms with van der Waals surface area (Å²) in [5, 5.41) is 3.61. The lowest BCUT2D eigenvalue weighted by Gasteiger charge is -2.48. The summed E-state index contributed by atoms with van der Waals surface area (Å²) >= 11 is 0. The number of benzene rings is 1. The second-order valence-electron chi connectivity index (χ2n) is 9.54. The molecule has 6 nitrogen and oxygen atoms in total. The molecule has 0 saturated carbocycles. The Balaban J connectivity index is 1.16. The van der Waals surface area contributed by atoms with E-state index in [4.69, 9.17) is 4.98 Å². The van der Waals surface area contributed by atoms with E-state index in [1.54, 1.807) is 0 Å². The number of rotatable bonds is 5. The number of piperidine rings is 2. The van der Waals surface area contributed by atoms with Crippen molar-refractivity contribution in [1.82, 2.24) is 24.5 Å². The molecule has 5 rings (SSSR count). The zero-order valence-corrected chi connectivity index (χ0v) is 20.0. The Hall–Kier alpha value is -2.86. The van der Waals surface area contributed by atoms with Gasteiger partial charge in [-0.25, -0.2) is 4.98 Å². The molecule has 4 heterocycles. The van der Waals surface area contributed by atoms with Crippen molar-refractivity contribution in [3.63, 3.8) is 0 Å². The molecule has 0 radical (unpaired) electrons. The number of nitrogens with zero attached hydrogens (tertiary/aromatic N) is 5. The van der Waals surface area contributed by atoms with E-state index in [1.165, 1.54) is 36.9 Å². The second kappa shape index (κ2) is 9.96.